The summed E-state index contributed by atoms with van der Waals surface area (Å²) in [4.78, 5) is 17.4. The van der Waals surface area contributed by atoms with Gasteiger partial charge in [0.05, 0.1) is 22.3 Å². The third kappa shape index (κ3) is 2.76. The van der Waals surface area contributed by atoms with Gasteiger partial charge in [0.1, 0.15) is 16.5 Å². The fourth-order valence-electron chi connectivity index (χ4n) is 2.81. The number of nitrogens with zero attached hydrogens (tertiary/aromatic N) is 4. The second-order valence-corrected chi connectivity index (χ2v) is 7.09. The van der Waals surface area contributed by atoms with Crippen LogP contribution in [0, 0.1) is 27.7 Å². The van der Waals surface area contributed by atoms with Crippen LogP contribution in [0.4, 0.5) is 5.13 Å². The maximum atomic E-state index is 12.9. The summed E-state index contributed by atoms with van der Waals surface area (Å²) in [6.07, 6.45) is 0. The number of anilines is 1. The zero-order valence-electron chi connectivity index (χ0n) is 14.6. The summed E-state index contributed by atoms with van der Waals surface area (Å²) in [5.41, 5.74) is 2.70. The number of pyridine rings is 1. The molecule has 0 unspecified atom stereocenters. The van der Waals surface area contributed by atoms with E-state index in [1.54, 1.807) is 13.0 Å². The Bertz CT molecular complexity index is 1140. The van der Waals surface area contributed by atoms with Crippen molar-refractivity contribution >= 4 is 33.5 Å². The van der Waals surface area contributed by atoms with E-state index in [1.807, 2.05) is 26.8 Å². The van der Waals surface area contributed by atoms with Crippen LogP contribution < -0.4 is 5.32 Å². The summed E-state index contributed by atoms with van der Waals surface area (Å²) >= 11 is 1.30. The smallest absolute Gasteiger partial charge is 0.259 e. The lowest BCUT2D eigenvalue weighted by atomic mass is 10.1. The first-order valence-electron chi connectivity index (χ1n) is 7.88. The highest BCUT2D eigenvalue weighted by Gasteiger charge is 2.21. The van der Waals surface area contributed by atoms with Gasteiger partial charge in [-0.3, -0.25) is 10.1 Å². The molecule has 8 nitrogen and oxygen atoms in total. The van der Waals surface area contributed by atoms with Crippen LogP contribution >= 0.6 is 11.3 Å². The van der Waals surface area contributed by atoms with Gasteiger partial charge in [0.15, 0.2) is 0 Å². The van der Waals surface area contributed by atoms with E-state index in [0.29, 0.717) is 33.2 Å². The summed E-state index contributed by atoms with van der Waals surface area (Å²) in [5.74, 6) is 1.17. The molecule has 0 bridgehead atoms. The van der Waals surface area contributed by atoms with Gasteiger partial charge in [-0.15, -0.1) is 10.2 Å². The number of amides is 1. The predicted octanol–water partition coefficient (Wildman–Crippen LogP) is 3.82. The van der Waals surface area contributed by atoms with Crippen LogP contribution in [0.2, 0.25) is 0 Å². The summed E-state index contributed by atoms with van der Waals surface area (Å²) in [6.45, 7) is 7.30. The minimum absolute atomic E-state index is 0.303. The second-order valence-electron chi connectivity index (χ2n) is 5.91. The Balaban J connectivity index is 1.85. The molecule has 0 spiro atoms. The number of aryl methyl sites for hydroxylation is 4. The van der Waals surface area contributed by atoms with Crippen molar-refractivity contribution in [2.45, 2.75) is 27.7 Å². The fourth-order valence-corrected chi connectivity index (χ4v) is 3.40. The number of carbonyl (C=O) groups excluding carboxylic acids is 1. The molecule has 9 heteroatoms. The van der Waals surface area contributed by atoms with Gasteiger partial charge in [-0.05, 0) is 39.8 Å². The van der Waals surface area contributed by atoms with Gasteiger partial charge in [-0.2, -0.15) is 0 Å². The van der Waals surface area contributed by atoms with E-state index in [0.717, 1.165) is 22.1 Å². The number of hydrogen-bond donors (Lipinski definition) is 1. The van der Waals surface area contributed by atoms with E-state index < -0.39 is 0 Å². The van der Waals surface area contributed by atoms with Crippen LogP contribution in [-0.4, -0.2) is 26.2 Å². The van der Waals surface area contributed by atoms with E-state index in [2.05, 4.69) is 25.7 Å². The predicted molar refractivity (Wildman–Crippen MR) is 96.3 cm³/mol. The van der Waals surface area contributed by atoms with Gasteiger partial charge in [-0.1, -0.05) is 16.5 Å². The highest BCUT2D eigenvalue weighted by Crippen LogP contribution is 2.31. The van der Waals surface area contributed by atoms with Crippen molar-refractivity contribution in [1.82, 2.24) is 20.3 Å². The quantitative estimate of drug-likeness (QED) is 0.585. The van der Waals surface area contributed by atoms with Gasteiger partial charge < -0.3 is 8.94 Å². The van der Waals surface area contributed by atoms with Crippen molar-refractivity contribution in [2.75, 3.05) is 5.32 Å². The van der Waals surface area contributed by atoms with Gasteiger partial charge >= 0.3 is 0 Å². The molecule has 0 atom stereocenters. The monoisotopic (exact) mass is 369 g/mol. The Hall–Kier alpha value is -3.07. The SMILES string of the molecule is Cc1cc(-c2cc(C(=O)Nc3nnc(C)s3)c3c(C)noc3n2)c(C)o1. The first kappa shape index (κ1) is 16.4. The summed E-state index contributed by atoms with van der Waals surface area (Å²) < 4.78 is 10.9. The molecule has 0 saturated heterocycles. The normalized spacial score (nSPS) is 11.2. The van der Waals surface area contributed by atoms with Gasteiger partial charge in [-0.25, -0.2) is 4.98 Å². The number of carbonyl (C=O) groups is 1. The molecule has 132 valence electrons. The molecule has 0 aliphatic rings. The molecule has 0 aliphatic carbocycles. The minimum Gasteiger partial charge on any atom is -0.466 e. The molecule has 0 saturated carbocycles. The van der Waals surface area contributed by atoms with E-state index in [-0.39, 0.29) is 5.91 Å². The van der Waals surface area contributed by atoms with Crippen molar-refractivity contribution in [2.24, 2.45) is 0 Å². The first-order valence-corrected chi connectivity index (χ1v) is 8.70. The molecule has 4 rings (SSSR count). The largest absolute Gasteiger partial charge is 0.466 e. The average Bonchev–Trinajstić information content (AvgIpc) is 3.26. The third-order valence-electron chi connectivity index (χ3n) is 3.93. The Morgan fingerprint density at radius 2 is 1.96 bits per heavy atom. The number of rotatable bonds is 3. The van der Waals surface area contributed by atoms with Crippen molar-refractivity contribution in [1.29, 1.82) is 0 Å². The molecule has 4 heterocycles. The summed E-state index contributed by atoms with van der Waals surface area (Å²) in [6, 6.07) is 3.59. The van der Waals surface area contributed by atoms with E-state index >= 15 is 0 Å². The van der Waals surface area contributed by atoms with E-state index in [4.69, 9.17) is 8.94 Å². The Labute approximate surface area is 152 Å². The molecule has 0 aliphatic heterocycles. The van der Waals surface area contributed by atoms with Crippen molar-refractivity contribution in [3.8, 4) is 11.3 Å². The second kappa shape index (κ2) is 6.03. The number of nitrogens with one attached hydrogen (secondary N) is 1. The summed E-state index contributed by atoms with van der Waals surface area (Å²) in [7, 11) is 0. The van der Waals surface area contributed by atoms with Crippen LogP contribution in [0.3, 0.4) is 0 Å². The lowest BCUT2D eigenvalue weighted by Gasteiger charge is -2.06. The fraction of sp³-hybridized carbons (Fsp3) is 0.235. The minimum atomic E-state index is -0.320. The molecule has 0 radical (unpaired) electrons. The van der Waals surface area contributed by atoms with Crippen LogP contribution in [-0.2, 0) is 0 Å². The van der Waals surface area contributed by atoms with Gasteiger partial charge in [0.2, 0.25) is 5.13 Å². The van der Waals surface area contributed by atoms with Crippen LogP contribution in [0.5, 0.6) is 0 Å². The standard InChI is InChI=1S/C17H15N5O3S/c1-7-5-11(9(3)24-7)13-6-12(14-8(2)22-25-16(14)18-13)15(23)19-17-21-20-10(4)26-17/h5-6H,1-4H3,(H,19,21,23). The lowest BCUT2D eigenvalue weighted by molar-refractivity contribution is 0.102. The Morgan fingerprint density at radius 3 is 2.62 bits per heavy atom. The topological polar surface area (TPSA) is 107 Å². The molecule has 26 heavy (non-hydrogen) atoms. The molecule has 1 N–H and O–H groups in total. The Kier molecular flexibility index (Phi) is 3.80. The first-order chi connectivity index (χ1) is 12.4. The maximum absolute atomic E-state index is 12.9. The molecule has 4 aromatic heterocycles. The highest BCUT2D eigenvalue weighted by molar-refractivity contribution is 7.15. The maximum Gasteiger partial charge on any atom is 0.259 e. The number of hydrogen-bond acceptors (Lipinski definition) is 8. The molecular formula is C17H15N5O3S. The van der Waals surface area contributed by atoms with E-state index in [9.17, 15) is 4.79 Å². The zero-order valence-corrected chi connectivity index (χ0v) is 15.4. The molecule has 1 amide bonds. The zero-order chi connectivity index (χ0) is 18.4. The van der Waals surface area contributed by atoms with Crippen molar-refractivity contribution in [3.63, 3.8) is 0 Å². The Morgan fingerprint density at radius 1 is 1.15 bits per heavy atom. The van der Waals surface area contributed by atoms with Gasteiger partial charge in [0, 0.05) is 5.56 Å². The highest BCUT2D eigenvalue weighted by atomic mass is 32.1. The number of furan rings is 1. The number of fused-ring (bicyclic) bond motifs is 1. The van der Waals surface area contributed by atoms with Crippen molar-refractivity contribution in [3.05, 3.63) is 39.9 Å². The van der Waals surface area contributed by atoms with E-state index in [1.165, 1.54) is 11.3 Å². The van der Waals surface area contributed by atoms with Gasteiger partial charge in [0.25, 0.3) is 11.6 Å². The molecule has 0 fully saturated rings. The third-order valence-corrected chi connectivity index (χ3v) is 4.68. The van der Waals surface area contributed by atoms with Crippen molar-refractivity contribution < 1.29 is 13.7 Å². The molecular weight excluding hydrogens is 354 g/mol. The molecule has 0 aromatic carbocycles. The van der Waals surface area contributed by atoms with Crippen LogP contribution in [0.15, 0.2) is 21.1 Å². The summed E-state index contributed by atoms with van der Waals surface area (Å²) in [5, 5.41) is 16.3. The van der Waals surface area contributed by atoms with Crippen LogP contribution in [0.1, 0.15) is 32.6 Å². The lowest BCUT2D eigenvalue weighted by Crippen LogP contribution is -2.13. The molecule has 4 aromatic rings. The number of aromatic nitrogens is 4. The van der Waals surface area contributed by atoms with Crippen LogP contribution in [0.25, 0.3) is 22.4 Å². The average molecular weight is 369 g/mol.